The highest BCUT2D eigenvalue weighted by Gasteiger charge is 2.37. The van der Waals surface area contributed by atoms with Gasteiger partial charge in [-0.05, 0) is 31.7 Å². The summed E-state index contributed by atoms with van der Waals surface area (Å²) in [4.78, 5) is 2.76. The Morgan fingerprint density at radius 1 is 0.875 bits per heavy atom. The molecule has 3 aliphatic rings. The summed E-state index contributed by atoms with van der Waals surface area (Å²) in [6, 6.07) is 1.72. The van der Waals surface area contributed by atoms with Gasteiger partial charge >= 0.3 is 0 Å². The molecule has 92 valence electrons. The highest BCUT2D eigenvalue weighted by atomic mass is 15.2. The zero-order valence-electron chi connectivity index (χ0n) is 10.3. The van der Waals surface area contributed by atoms with E-state index < -0.39 is 0 Å². The van der Waals surface area contributed by atoms with Crippen molar-refractivity contribution in [3.8, 4) is 0 Å². The molecule has 2 N–H and O–H groups in total. The third-order valence-electron chi connectivity index (χ3n) is 4.78. The largest absolute Gasteiger partial charge is 0.314 e. The lowest BCUT2D eigenvalue weighted by Crippen LogP contribution is -2.59. The van der Waals surface area contributed by atoms with Gasteiger partial charge in [-0.3, -0.25) is 4.90 Å². The molecular weight excluding hydrogens is 198 g/mol. The van der Waals surface area contributed by atoms with Crippen LogP contribution >= 0.6 is 0 Å². The van der Waals surface area contributed by atoms with Gasteiger partial charge in [-0.1, -0.05) is 12.8 Å². The van der Waals surface area contributed by atoms with Crippen LogP contribution in [0.2, 0.25) is 0 Å². The van der Waals surface area contributed by atoms with Gasteiger partial charge in [0.05, 0.1) is 0 Å². The minimum absolute atomic E-state index is 0.836. The predicted molar refractivity (Wildman–Crippen MR) is 66.6 cm³/mol. The lowest BCUT2D eigenvalue weighted by molar-refractivity contribution is 0.0545. The van der Waals surface area contributed by atoms with Crippen LogP contribution in [0.4, 0.5) is 0 Å². The van der Waals surface area contributed by atoms with Crippen molar-refractivity contribution < 1.29 is 0 Å². The first kappa shape index (κ1) is 11.0. The molecule has 0 spiro atoms. The van der Waals surface area contributed by atoms with E-state index in [-0.39, 0.29) is 0 Å². The topological polar surface area (TPSA) is 27.3 Å². The van der Waals surface area contributed by atoms with Crippen molar-refractivity contribution in [2.75, 3.05) is 32.7 Å². The van der Waals surface area contributed by atoms with Crippen molar-refractivity contribution in [3.63, 3.8) is 0 Å². The number of nitrogens with zero attached hydrogens (tertiary/aromatic N) is 1. The molecule has 16 heavy (non-hydrogen) atoms. The number of rotatable bonds is 1. The molecule has 1 saturated carbocycles. The Kier molecular flexibility index (Phi) is 3.46. The summed E-state index contributed by atoms with van der Waals surface area (Å²) in [5.74, 6) is 0.945. The predicted octanol–water partition coefficient (Wildman–Crippen LogP) is 0.812. The lowest BCUT2D eigenvalue weighted by atomic mass is 9.75. The summed E-state index contributed by atoms with van der Waals surface area (Å²) in [6.07, 6.45) is 7.18. The zero-order chi connectivity index (χ0) is 10.8. The second kappa shape index (κ2) is 5.03. The van der Waals surface area contributed by atoms with Crippen LogP contribution in [-0.2, 0) is 0 Å². The van der Waals surface area contributed by atoms with E-state index in [4.69, 9.17) is 0 Å². The van der Waals surface area contributed by atoms with Crippen LogP contribution in [0.3, 0.4) is 0 Å². The fraction of sp³-hybridized carbons (Fsp3) is 1.00. The molecule has 3 rings (SSSR count). The lowest BCUT2D eigenvalue weighted by Gasteiger charge is -2.47. The Morgan fingerprint density at radius 3 is 2.56 bits per heavy atom. The van der Waals surface area contributed by atoms with E-state index in [9.17, 15) is 0 Å². The summed E-state index contributed by atoms with van der Waals surface area (Å²) in [7, 11) is 0. The molecule has 2 heterocycles. The summed E-state index contributed by atoms with van der Waals surface area (Å²) < 4.78 is 0. The van der Waals surface area contributed by atoms with Crippen molar-refractivity contribution in [1.29, 1.82) is 0 Å². The number of hydrogen-bond acceptors (Lipinski definition) is 3. The molecule has 3 fully saturated rings. The zero-order valence-corrected chi connectivity index (χ0v) is 10.3. The van der Waals surface area contributed by atoms with Gasteiger partial charge < -0.3 is 10.6 Å². The molecule has 1 aliphatic carbocycles. The normalized spacial score (nSPS) is 41.6. The first-order chi connectivity index (χ1) is 7.95. The molecule has 0 aromatic carbocycles. The molecule has 0 aromatic rings. The molecule has 0 bridgehead atoms. The van der Waals surface area contributed by atoms with Crippen molar-refractivity contribution in [2.24, 2.45) is 5.92 Å². The van der Waals surface area contributed by atoms with Crippen LogP contribution in [0.1, 0.15) is 32.1 Å². The van der Waals surface area contributed by atoms with Crippen LogP contribution in [0.15, 0.2) is 0 Å². The van der Waals surface area contributed by atoms with Gasteiger partial charge in [-0.15, -0.1) is 0 Å². The van der Waals surface area contributed by atoms with Crippen molar-refractivity contribution in [2.45, 2.75) is 44.2 Å². The van der Waals surface area contributed by atoms with Crippen LogP contribution in [0.25, 0.3) is 0 Å². The number of fused-ring (bicyclic) bond motifs is 1. The molecule has 3 nitrogen and oxygen atoms in total. The summed E-state index contributed by atoms with van der Waals surface area (Å²) in [6.45, 7) is 6.18. The number of piperazine rings is 1. The summed E-state index contributed by atoms with van der Waals surface area (Å²) in [5, 5.41) is 7.22. The fourth-order valence-electron chi connectivity index (χ4n) is 3.97. The third-order valence-corrected chi connectivity index (χ3v) is 4.78. The molecule has 0 unspecified atom stereocenters. The van der Waals surface area contributed by atoms with Gasteiger partial charge in [0.25, 0.3) is 0 Å². The molecule has 3 heteroatoms. The van der Waals surface area contributed by atoms with Crippen molar-refractivity contribution >= 4 is 0 Å². The summed E-state index contributed by atoms with van der Waals surface area (Å²) in [5.41, 5.74) is 0. The average molecular weight is 223 g/mol. The highest BCUT2D eigenvalue weighted by Crippen LogP contribution is 2.33. The van der Waals surface area contributed by atoms with E-state index in [1.165, 1.54) is 64.8 Å². The van der Waals surface area contributed by atoms with Crippen LogP contribution in [0, 0.1) is 5.92 Å². The monoisotopic (exact) mass is 223 g/mol. The Labute approximate surface area is 99.0 Å². The molecule has 0 aromatic heterocycles. The first-order valence-corrected chi connectivity index (χ1v) is 7.13. The highest BCUT2D eigenvalue weighted by molar-refractivity contribution is 4.95. The van der Waals surface area contributed by atoms with Crippen LogP contribution in [-0.4, -0.2) is 49.7 Å². The van der Waals surface area contributed by atoms with E-state index in [2.05, 4.69) is 15.5 Å². The van der Waals surface area contributed by atoms with Gasteiger partial charge in [-0.25, -0.2) is 0 Å². The molecular formula is C13H25N3. The fourth-order valence-corrected chi connectivity index (χ4v) is 3.97. The molecule has 0 radical (unpaired) electrons. The van der Waals surface area contributed by atoms with E-state index in [0.29, 0.717) is 0 Å². The number of piperidine rings is 1. The molecule has 3 atom stereocenters. The van der Waals surface area contributed by atoms with E-state index in [1.54, 1.807) is 0 Å². The Morgan fingerprint density at radius 2 is 1.69 bits per heavy atom. The Bertz CT molecular complexity index is 223. The van der Waals surface area contributed by atoms with Crippen molar-refractivity contribution in [1.82, 2.24) is 15.5 Å². The van der Waals surface area contributed by atoms with Crippen LogP contribution < -0.4 is 10.6 Å². The maximum atomic E-state index is 3.75. The minimum Gasteiger partial charge on any atom is -0.314 e. The smallest absolute Gasteiger partial charge is 0.0151 e. The van der Waals surface area contributed by atoms with Gasteiger partial charge in [0.2, 0.25) is 0 Å². The molecule has 0 amide bonds. The number of hydrogen-bond donors (Lipinski definition) is 2. The standard InChI is InChI=1S/C13H25N3/c1-2-4-12-11(3-1)13(5-6-15-12)16-9-7-14-8-10-16/h11-15H,1-10H2/t11-,12-,13+/m1/s1. The third kappa shape index (κ3) is 2.13. The SMILES string of the molecule is C1CC[C@H]2NCC[C@H](N3CCNCC3)[C@@H]2C1. The van der Waals surface area contributed by atoms with E-state index >= 15 is 0 Å². The Balaban J connectivity index is 1.67. The molecule has 2 aliphatic heterocycles. The van der Waals surface area contributed by atoms with Gasteiger partial charge in [0, 0.05) is 38.3 Å². The summed E-state index contributed by atoms with van der Waals surface area (Å²) >= 11 is 0. The maximum Gasteiger partial charge on any atom is 0.0151 e. The average Bonchev–Trinajstić information content (AvgIpc) is 2.39. The first-order valence-electron chi connectivity index (χ1n) is 7.13. The van der Waals surface area contributed by atoms with E-state index in [0.717, 1.165) is 18.0 Å². The second-order valence-corrected chi connectivity index (χ2v) is 5.65. The van der Waals surface area contributed by atoms with Gasteiger partial charge in [0.15, 0.2) is 0 Å². The Hall–Kier alpha value is -0.120. The van der Waals surface area contributed by atoms with Crippen molar-refractivity contribution in [3.05, 3.63) is 0 Å². The van der Waals surface area contributed by atoms with Crippen LogP contribution in [0.5, 0.6) is 0 Å². The van der Waals surface area contributed by atoms with Gasteiger partial charge in [0.1, 0.15) is 0 Å². The van der Waals surface area contributed by atoms with E-state index in [1.807, 2.05) is 0 Å². The van der Waals surface area contributed by atoms with Gasteiger partial charge in [-0.2, -0.15) is 0 Å². The maximum absolute atomic E-state index is 3.75. The quantitative estimate of drug-likeness (QED) is 0.689. The minimum atomic E-state index is 0.836. The number of nitrogens with one attached hydrogen (secondary N) is 2. The molecule has 2 saturated heterocycles. The second-order valence-electron chi connectivity index (χ2n) is 5.65.